The molecule has 0 aromatic heterocycles. The van der Waals surface area contributed by atoms with Crippen molar-refractivity contribution < 1.29 is 4.79 Å². The van der Waals surface area contributed by atoms with Crippen molar-refractivity contribution in [1.29, 1.82) is 0 Å². The molecular weight excluding hydrogens is 138 g/mol. The Kier molecular flexibility index (Phi) is 3.06. The van der Waals surface area contributed by atoms with E-state index in [9.17, 15) is 4.79 Å². The minimum atomic E-state index is 0.413. The average molecular weight is 155 g/mol. The molecule has 0 saturated carbocycles. The summed E-state index contributed by atoms with van der Waals surface area (Å²) < 4.78 is 0. The van der Waals surface area contributed by atoms with Gasteiger partial charge < -0.3 is 0 Å². The molecule has 0 aromatic rings. The summed E-state index contributed by atoms with van der Waals surface area (Å²) in [5.74, 6) is 0.413. The van der Waals surface area contributed by atoms with E-state index in [1.54, 1.807) is 0 Å². The molecule has 1 rings (SSSR count). The monoisotopic (exact) mass is 155 g/mol. The van der Waals surface area contributed by atoms with Crippen LogP contribution in [-0.2, 0) is 4.79 Å². The van der Waals surface area contributed by atoms with Crippen molar-refractivity contribution in [3.8, 4) is 0 Å². The number of carbonyl (C=O) groups is 1. The molecule has 0 atom stereocenters. The number of carbonyl (C=O) groups excluding carboxylic acids is 1. The highest BCUT2D eigenvalue weighted by molar-refractivity contribution is 5.80. The van der Waals surface area contributed by atoms with Crippen LogP contribution in [0.1, 0.15) is 33.1 Å². The molecule has 0 radical (unpaired) electrons. The van der Waals surface area contributed by atoms with Gasteiger partial charge in [0.25, 0.3) is 0 Å². The molecule has 0 amide bonds. The van der Waals surface area contributed by atoms with Crippen molar-refractivity contribution in [2.45, 2.75) is 39.2 Å². The Morgan fingerprint density at radius 1 is 1.36 bits per heavy atom. The first kappa shape index (κ1) is 8.72. The summed E-state index contributed by atoms with van der Waals surface area (Å²) >= 11 is 0. The summed E-state index contributed by atoms with van der Waals surface area (Å²) in [6.45, 7) is 6.08. The van der Waals surface area contributed by atoms with Crippen LogP contribution >= 0.6 is 0 Å². The summed E-state index contributed by atoms with van der Waals surface area (Å²) in [6, 6.07) is 0.525. The number of likely N-dealkylation sites (tertiary alicyclic amines) is 1. The van der Waals surface area contributed by atoms with Gasteiger partial charge in [0, 0.05) is 12.5 Å². The van der Waals surface area contributed by atoms with Gasteiger partial charge in [0.15, 0.2) is 0 Å². The lowest BCUT2D eigenvalue weighted by atomic mass is 10.2. The maximum Gasteiger partial charge on any atom is 0.146 e. The Bertz CT molecular complexity index is 142. The van der Waals surface area contributed by atoms with E-state index < -0.39 is 0 Å². The van der Waals surface area contributed by atoms with Gasteiger partial charge in [0.2, 0.25) is 0 Å². The highest BCUT2D eigenvalue weighted by Crippen LogP contribution is 2.09. The number of Topliss-reactive ketones (excluding diaryl/α,β-unsaturated/α-hetero) is 1. The lowest BCUT2D eigenvalue weighted by Gasteiger charge is -2.22. The number of hydrogen-bond acceptors (Lipinski definition) is 2. The zero-order chi connectivity index (χ0) is 8.27. The molecule has 0 unspecified atom stereocenters. The van der Waals surface area contributed by atoms with Crippen molar-refractivity contribution in [3.05, 3.63) is 0 Å². The maximum absolute atomic E-state index is 11.2. The first-order chi connectivity index (χ1) is 5.20. The van der Waals surface area contributed by atoms with Crippen LogP contribution in [-0.4, -0.2) is 29.8 Å². The van der Waals surface area contributed by atoms with Crippen LogP contribution in [0.15, 0.2) is 0 Å². The van der Waals surface area contributed by atoms with Crippen LogP contribution in [0.4, 0.5) is 0 Å². The van der Waals surface area contributed by atoms with Crippen molar-refractivity contribution in [2.24, 2.45) is 0 Å². The number of ketones is 1. The smallest absolute Gasteiger partial charge is 0.146 e. The van der Waals surface area contributed by atoms with Crippen molar-refractivity contribution in [1.82, 2.24) is 4.90 Å². The van der Waals surface area contributed by atoms with Crippen LogP contribution in [0.25, 0.3) is 0 Å². The van der Waals surface area contributed by atoms with Crippen molar-refractivity contribution in [2.75, 3.05) is 13.1 Å². The summed E-state index contributed by atoms with van der Waals surface area (Å²) in [7, 11) is 0. The van der Waals surface area contributed by atoms with E-state index in [4.69, 9.17) is 0 Å². The Morgan fingerprint density at radius 3 is 2.73 bits per heavy atom. The van der Waals surface area contributed by atoms with Crippen LogP contribution in [0.2, 0.25) is 0 Å². The van der Waals surface area contributed by atoms with Gasteiger partial charge in [-0.15, -0.1) is 0 Å². The first-order valence-corrected chi connectivity index (χ1v) is 4.46. The standard InChI is InChI=1S/C9H17NO/c1-8(2)10-6-4-3-5-9(11)7-10/h8H,3-7H2,1-2H3. The molecule has 11 heavy (non-hydrogen) atoms. The second kappa shape index (κ2) is 3.86. The Morgan fingerprint density at radius 2 is 2.09 bits per heavy atom. The minimum absolute atomic E-state index is 0.413. The fraction of sp³-hybridized carbons (Fsp3) is 0.889. The van der Waals surface area contributed by atoms with Crippen LogP contribution < -0.4 is 0 Å². The molecule has 1 aliphatic heterocycles. The summed E-state index contributed by atoms with van der Waals surface area (Å²) in [6.07, 6.45) is 3.06. The number of rotatable bonds is 1. The second-order valence-electron chi connectivity index (χ2n) is 3.56. The van der Waals surface area contributed by atoms with Gasteiger partial charge in [0.05, 0.1) is 6.54 Å². The zero-order valence-corrected chi connectivity index (χ0v) is 7.47. The highest BCUT2D eigenvalue weighted by atomic mass is 16.1. The molecule has 0 N–H and O–H groups in total. The van der Waals surface area contributed by atoms with Gasteiger partial charge >= 0.3 is 0 Å². The maximum atomic E-state index is 11.2. The van der Waals surface area contributed by atoms with E-state index in [1.807, 2.05) is 0 Å². The fourth-order valence-corrected chi connectivity index (χ4v) is 1.46. The van der Waals surface area contributed by atoms with Crippen LogP contribution in [0.5, 0.6) is 0 Å². The highest BCUT2D eigenvalue weighted by Gasteiger charge is 2.16. The Balaban J connectivity index is 2.45. The molecule has 0 spiro atoms. The molecule has 0 aromatic carbocycles. The van der Waals surface area contributed by atoms with E-state index in [1.165, 1.54) is 6.42 Å². The molecule has 1 aliphatic rings. The largest absolute Gasteiger partial charge is 0.298 e. The third-order valence-corrected chi connectivity index (χ3v) is 2.26. The predicted octanol–water partition coefficient (Wildman–Crippen LogP) is 1.45. The second-order valence-corrected chi connectivity index (χ2v) is 3.56. The minimum Gasteiger partial charge on any atom is -0.298 e. The van der Waals surface area contributed by atoms with Crippen LogP contribution in [0.3, 0.4) is 0 Å². The van der Waals surface area contributed by atoms with Gasteiger partial charge in [-0.1, -0.05) is 0 Å². The molecule has 1 saturated heterocycles. The molecule has 1 fully saturated rings. The van der Waals surface area contributed by atoms with Crippen molar-refractivity contribution >= 4 is 5.78 Å². The third-order valence-electron chi connectivity index (χ3n) is 2.26. The average Bonchev–Trinajstić information content (AvgIpc) is 2.13. The Labute approximate surface area is 68.6 Å². The van der Waals surface area contributed by atoms with E-state index in [-0.39, 0.29) is 0 Å². The van der Waals surface area contributed by atoms with Crippen LogP contribution in [0, 0.1) is 0 Å². The molecule has 2 heteroatoms. The van der Waals surface area contributed by atoms with Gasteiger partial charge in [-0.25, -0.2) is 0 Å². The zero-order valence-electron chi connectivity index (χ0n) is 7.47. The molecule has 0 bridgehead atoms. The molecule has 64 valence electrons. The number of hydrogen-bond donors (Lipinski definition) is 0. The SMILES string of the molecule is CC(C)N1CCCCC(=O)C1. The summed E-state index contributed by atoms with van der Waals surface area (Å²) in [5.41, 5.74) is 0. The summed E-state index contributed by atoms with van der Waals surface area (Å²) in [5, 5.41) is 0. The lowest BCUT2D eigenvalue weighted by Crippen LogP contribution is -2.34. The van der Waals surface area contributed by atoms with Gasteiger partial charge in [0.1, 0.15) is 5.78 Å². The van der Waals surface area contributed by atoms with E-state index in [2.05, 4.69) is 18.7 Å². The molecule has 2 nitrogen and oxygen atoms in total. The van der Waals surface area contributed by atoms with Gasteiger partial charge in [-0.05, 0) is 33.2 Å². The van der Waals surface area contributed by atoms with E-state index in [0.29, 0.717) is 18.4 Å². The predicted molar refractivity (Wildman–Crippen MR) is 45.6 cm³/mol. The molecule has 0 aliphatic carbocycles. The topological polar surface area (TPSA) is 20.3 Å². The number of nitrogens with zero attached hydrogens (tertiary/aromatic N) is 1. The van der Waals surface area contributed by atoms with Crippen molar-refractivity contribution in [3.63, 3.8) is 0 Å². The fourth-order valence-electron chi connectivity index (χ4n) is 1.46. The molecule has 1 heterocycles. The summed E-state index contributed by atoms with van der Waals surface area (Å²) in [4.78, 5) is 13.4. The first-order valence-electron chi connectivity index (χ1n) is 4.46. The quantitative estimate of drug-likeness (QED) is 0.571. The van der Waals surface area contributed by atoms with Gasteiger partial charge in [-0.2, -0.15) is 0 Å². The third kappa shape index (κ3) is 2.62. The lowest BCUT2D eigenvalue weighted by molar-refractivity contribution is -0.119. The van der Waals surface area contributed by atoms with Gasteiger partial charge in [-0.3, -0.25) is 9.69 Å². The Hall–Kier alpha value is -0.370. The molecular formula is C9H17NO. The normalized spacial score (nSPS) is 22.3. The van der Waals surface area contributed by atoms with E-state index in [0.717, 1.165) is 19.4 Å². The van der Waals surface area contributed by atoms with E-state index >= 15 is 0 Å².